The number of aromatic nitrogens is 1. The molecule has 1 aliphatic heterocycles. The number of aliphatic imine (C=N–C) groups is 1. The summed E-state index contributed by atoms with van der Waals surface area (Å²) in [6.07, 6.45) is 4.30. The van der Waals surface area contributed by atoms with Crippen LogP contribution in [-0.2, 0) is 6.54 Å². The van der Waals surface area contributed by atoms with Crippen molar-refractivity contribution in [3.8, 4) is 5.88 Å². The average Bonchev–Trinajstić information content (AvgIpc) is 3.27. The fraction of sp³-hybridized carbons (Fsp3) is 0.455. The first-order valence-electron chi connectivity index (χ1n) is 10.1. The largest absolute Gasteiger partial charge is 0.481 e. The van der Waals surface area contributed by atoms with Crippen molar-refractivity contribution >= 4 is 35.6 Å². The summed E-state index contributed by atoms with van der Waals surface area (Å²) in [7, 11) is 1.63. The minimum Gasteiger partial charge on any atom is -0.481 e. The molecule has 0 aliphatic carbocycles. The summed E-state index contributed by atoms with van der Waals surface area (Å²) in [6, 6.07) is 12.8. The third kappa shape index (κ3) is 6.48. The molecule has 2 aromatic rings. The van der Waals surface area contributed by atoms with E-state index in [1.807, 2.05) is 12.1 Å². The van der Waals surface area contributed by atoms with Crippen LogP contribution in [0.1, 0.15) is 43.9 Å². The van der Waals surface area contributed by atoms with Crippen LogP contribution in [0.4, 0.5) is 5.69 Å². The monoisotopic (exact) mass is 509 g/mol. The van der Waals surface area contributed by atoms with E-state index in [0.29, 0.717) is 12.4 Å². The molecule has 158 valence electrons. The van der Waals surface area contributed by atoms with Crippen LogP contribution in [0.15, 0.2) is 47.6 Å². The van der Waals surface area contributed by atoms with Gasteiger partial charge >= 0.3 is 0 Å². The predicted molar refractivity (Wildman–Crippen MR) is 130 cm³/mol. The van der Waals surface area contributed by atoms with E-state index in [2.05, 4.69) is 58.6 Å². The van der Waals surface area contributed by atoms with Crippen molar-refractivity contribution in [2.24, 2.45) is 4.99 Å². The van der Waals surface area contributed by atoms with Crippen molar-refractivity contribution in [2.75, 3.05) is 31.6 Å². The van der Waals surface area contributed by atoms with Gasteiger partial charge in [-0.25, -0.2) is 9.98 Å². The number of methoxy groups -OCH3 is 1. The highest BCUT2D eigenvalue weighted by Gasteiger charge is 2.14. The van der Waals surface area contributed by atoms with Crippen LogP contribution in [0.2, 0.25) is 0 Å². The van der Waals surface area contributed by atoms with E-state index in [1.54, 1.807) is 13.3 Å². The highest BCUT2D eigenvalue weighted by molar-refractivity contribution is 14.0. The van der Waals surface area contributed by atoms with Crippen molar-refractivity contribution in [1.29, 1.82) is 0 Å². The Morgan fingerprint density at radius 3 is 2.76 bits per heavy atom. The van der Waals surface area contributed by atoms with Crippen LogP contribution in [0, 0.1) is 0 Å². The van der Waals surface area contributed by atoms with Gasteiger partial charge in [0.2, 0.25) is 5.88 Å². The highest BCUT2D eigenvalue weighted by atomic mass is 127. The number of halogens is 1. The van der Waals surface area contributed by atoms with Gasteiger partial charge in [0, 0.05) is 37.1 Å². The summed E-state index contributed by atoms with van der Waals surface area (Å²) in [4.78, 5) is 11.4. The maximum Gasteiger partial charge on any atom is 0.218 e. The van der Waals surface area contributed by atoms with Crippen molar-refractivity contribution in [3.63, 3.8) is 0 Å². The Morgan fingerprint density at radius 2 is 2.03 bits per heavy atom. The maximum atomic E-state index is 5.32. The minimum atomic E-state index is 0. The number of hydrogen-bond donors (Lipinski definition) is 2. The van der Waals surface area contributed by atoms with Gasteiger partial charge < -0.3 is 20.3 Å². The van der Waals surface area contributed by atoms with Crippen LogP contribution in [0.3, 0.4) is 0 Å². The van der Waals surface area contributed by atoms with Gasteiger partial charge in [-0.1, -0.05) is 18.2 Å². The molecule has 29 heavy (non-hydrogen) atoms. The Bertz CT molecular complexity index is 792. The van der Waals surface area contributed by atoms with E-state index in [9.17, 15) is 0 Å². The Labute approximate surface area is 191 Å². The number of anilines is 1. The molecule has 0 spiro atoms. The summed E-state index contributed by atoms with van der Waals surface area (Å²) in [6.45, 7) is 7.86. The first-order chi connectivity index (χ1) is 13.7. The molecule has 1 saturated heterocycles. The average molecular weight is 509 g/mol. The predicted octanol–water partition coefficient (Wildman–Crippen LogP) is 4.12. The molecule has 2 heterocycles. The van der Waals surface area contributed by atoms with Crippen LogP contribution >= 0.6 is 24.0 Å². The second-order valence-corrected chi connectivity index (χ2v) is 7.02. The molecule has 1 aromatic carbocycles. The van der Waals surface area contributed by atoms with Crippen LogP contribution in [0.5, 0.6) is 5.88 Å². The number of guanidine groups is 1. The van der Waals surface area contributed by atoms with Gasteiger partial charge in [-0.05, 0) is 50.5 Å². The van der Waals surface area contributed by atoms with Gasteiger partial charge in [0.1, 0.15) is 0 Å². The Morgan fingerprint density at radius 1 is 1.24 bits per heavy atom. The Hall–Kier alpha value is -2.03. The third-order valence-electron chi connectivity index (χ3n) is 4.99. The third-order valence-corrected chi connectivity index (χ3v) is 4.99. The first-order valence-corrected chi connectivity index (χ1v) is 10.1. The fourth-order valence-corrected chi connectivity index (χ4v) is 3.47. The van der Waals surface area contributed by atoms with Gasteiger partial charge in [-0.3, -0.25) is 0 Å². The van der Waals surface area contributed by atoms with Crippen molar-refractivity contribution < 1.29 is 4.74 Å². The lowest BCUT2D eigenvalue weighted by Crippen LogP contribution is -2.38. The van der Waals surface area contributed by atoms with E-state index >= 15 is 0 Å². The van der Waals surface area contributed by atoms with Crippen molar-refractivity contribution in [1.82, 2.24) is 15.6 Å². The smallest absolute Gasteiger partial charge is 0.218 e. The minimum absolute atomic E-state index is 0. The highest BCUT2D eigenvalue weighted by Crippen LogP contribution is 2.24. The summed E-state index contributed by atoms with van der Waals surface area (Å²) in [5.74, 6) is 1.40. The summed E-state index contributed by atoms with van der Waals surface area (Å²) < 4.78 is 5.32. The number of nitrogens with one attached hydrogen (secondary N) is 2. The van der Waals surface area contributed by atoms with Gasteiger partial charge in [0.25, 0.3) is 0 Å². The molecule has 1 unspecified atom stereocenters. The van der Waals surface area contributed by atoms with E-state index in [4.69, 9.17) is 9.73 Å². The normalized spacial score (nSPS) is 14.9. The SMILES string of the molecule is CCNC(=NCc1cccnc1OC)NC(C)c1cccc(N2CCCC2)c1.I. The summed E-state index contributed by atoms with van der Waals surface area (Å²) in [5.41, 5.74) is 3.53. The lowest BCUT2D eigenvalue weighted by Gasteiger charge is -2.22. The molecule has 0 radical (unpaired) electrons. The first kappa shape index (κ1) is 23.3. The maximum absolute atomic E-state index is 5.32. The van der Waals surface area contributed by atoms with E-state index in [0.717, 1.165) is 31.2 Å². The fourth-order valence-electron chi connectivity index (χ4n) is 3.47. The van der Waals surface area contributed by atoms with E-state index in [-0.39, 0.29) is 30.0 Å². The molecule has 1 aromatic heterocycles. The molecular formula is C22H32IN5O. The number of ether oxygens (including phenoxy) is 1. The van der Waals surface area contributed by atoms with Gasteiger partial charge in [0.15, 0.2) is 5.96 Å². The number of pyridine rings is 1. The second-order valence-electron chi connectivity index (χ2n) is 7.02. The second kappa shape index (κ2) is 11.8. The van der Waals surface area contributed by atoms with Gasteiger partial charge in [0.05, 0.1) is 19.7 Å². The Kier molecular flexibility index (Phi) is 9.50. The molecule has 3 rings (SSSR count). The molecule has 6 nitrogen and oxygen atoms in total. The molecule has 2 N–H and O–H groups in total. The van der Waals surface area contributed by atoms with Crippen molar-refractivity contribution in [3.05, 3.63) is 53.7 Å². The molecule has 0 bridgehead atoms. The molecule has 1 atom stereocenters. The zero-order valence-corrected chi connectivity index (χ0v) is 19.8. The van der Waals surface area contributed by atoms with Crippen molar-refractivity contribution in [2.45, 2.75) is 39.3 Å². The number of hydrogen-bond acceptors (Lipinski definition) is 4. The van der Waals surface area contributed by atoms with Crippen LogP contribution in [0.25, 0.3) is 0 Å². The lowest BCUT2D eigenvalue weighted by molar-refractivity contribution is 0.392. The van der Waals surface area contributed by atoms with Gasteiger partial charge in [-0.2, -0.15) is 0 Å². The molecule has 1 fully saturated rings. The van der Waals surface area contributed by atoms with Crippen LogP contribution < -0.4 is 20.3 Å². The van der Waals surface area contributed by atoms with Crippen LogP contribution in [-0.4, -0.2) is 37.7 Å². The van der Waals surface area contributed by atoms with Gasteiger partial charge in [-0.15, -0.1) is 24.0 Å². The Balaban J connectivity index is 0.00000300. The zero-order chi connectivity index (χ0) is 19.8. The topological polar surface area (TPSA) is 61.8 Å². The number of rotatable bonds is 7. The van der Waals surface area contributed by atoms with E-state index < -0.39 is 0 Å². The lowest BCUT2D eigenvalue weighted by atomic mass is 10.1. The van der Waals surface area contributed by atoms with E-state index in [1.165, 1.54) is 24.1 Å². The molecular weight excluding hydrogens is 477 g/mol. The molecule has 1 aliphatic rings. The quantitative estimate of drug-likeness (QED) is 0.334. The summed E-state index contributed by atoms with van der Waals surface area (Å²) in [5, 5.41) is 6.85. The molecule has 0 saturated carbocycles. The number of nitrogens with zero attached hydrogens (tertiary/aromatic N) is 3. The molecule has 0 amide bonds. The zero-order valence-electron chi connectivity index (χ0n) is 17.5. The standard InChI is InChI=1S/C22H31N5O.HI/c1-4-23-22(25-16-19-10-8-12-24-21(19)28-3)26-17(2)18-9-7-11-20(15-18)27-13-5-6-14-27;/h7-12,15,17H,4-6,13-14,16H2,1-3H3,(H2,23,25,26);1H. The number of benzene rings is 1. The summed E-state index contributed by atoms with van der Waals surface area (Å²) >= 11 is 0. The molecule has 7 heteroatoms.